The summed E-state index contributed by atoms with van der Waals surface area (Å²) in [6.45, 7) is 5.01. The molecule has 0 aliphatic carbocycles. The lowest BCUT2D eigenvalue weighted by molar-refractivity contribution is -0.412. The number of rotatable bonds is 3. The van der Waals surface area contributed by atoms with Gasteiger partial charge in [0.2, 0.25) is 0 Å². The van der Waals surface area contributed by atoms with E-state index in [0.29, 0.717) is 17.6 Å². The van der Waals surface area contributed by atoms with Crippen LogP contribution in [0.5, 0.6) is 0 Å². The highest BCUT2D eigenvalue weighted by Gasteiger charge is 2.35. The van der Waals surface area contributed by atoms with Gasteiger partial charge in [-0.25, -0.2) is 0 Å². The second-order valence-electron chi connectivity index (χ2n) is 6.09. The summed E-state index contributed by atoms with van der Waals surface area (Å²) in [6, 6.07) is 6.21. The molecule has 2 atom stereocenters. The highest BCUT2D eigenvalue weighted by molar-refractivity contribution is 5.51. The van der Waals surface area contributed by atoms with Gasteiger partial charge in [-0.15, -0.1) is 0 Å². The Morgan fingerprint density at radius 3 is 2.65 bits per heavy atom. The van der Waals surface area contributed by atoms with E-state index >= 15 is 0 Å². The first kappa shape index (κ1) is 15.2. The van der Waals surface area contributed by atoms with Crippen molar-refractivity contribution in [2.45, 2.75) is 44.9 Å². The van der Waals surface area contributed by atoms with Crippen molar-refractivity contribution >= 4 is 5.69 Å². The third-order valence-corrected chi connectivity index (χ3v) is 3.75. The molecule has 2 nitrogen and oxygen atoms in total. The maximum atomic E-state index is 12.8. The summed E-state index contributed by atoms with van der Waals surface area (Å²) in [5.74, 6) is 0.526. The van der Waals surface area contributed by atoms with Crippen molar-refractivity contribution in [3.63, 3.8) is 0 Å². The standard InChI is InChI=1S/C15H21F3N2/c1-10(2)6-14-8-12(19)9-20(14)13-5-3-4-11(7-13)15(16,17)18/h3-5,7,10,12,14H,6,8-9,19H2,1-2H3/p+1. The zero-order valence-electron chi connectivity index (χ0n) is 12.0. The molecule has 1 saturated heterocycles. The van der Waals surface area contributed by atoms with Crippen LogP contribution in [0, 0.1) is 5.92 Å². The van der Waals surface area contributed by atoms with Crippen molar-refractivity contribution in [1.82, 2.24) is 0 Å². The third-order valence-electron chi connectivity index (χ3n) is 3.75. The Morgan fingerprint density at radius 1 is 1.35 bits per heavy atom. The predicted octanol–water partition coefficient (Wildman–Crippen LogP) is 2.94. The summed E-state index contributed by atoms with van der Waals surface area (Å²) in [6.07, 6.45) is -2.34. The molecule has 0 aromatic heterocycles. The fourth-order valence-corrected chi connectivity index (χ4v) is 2.96. The Labute approximate surface area is 117 Å². The molecule has 0 spiro atoms. The maximum absolute atomic E-state index is 12.8. The van der Waals surface area contributed by atoms with Crippen molar-refractivity contribution in [3.8, 4) is 0 Å². The third kappa shape index (κ3) is 3.45. The zero-order valence-corrected chi connectivity index (χ0v) is 12.0. The Morgan fingerprint density at radius 2 is 2.05 bits per heavy atom. The highest BCUT2D eigenvalue weighted by atomic mass is 19.4. The van der Waals surface area contributed by atoms with E-state index in [-0.39, 0.29) is 6.04 Å². The molecular formula is C15H22F3N2+. The highest BCUT2D eigenvalue weighted by Crippen LogP contribution is 2.34. The van der Waals surface area contributed by atoms with Gasteiger partial charge in [0.15, 0.2) is 0 Å². The minimum Gasteiger partial charge on any atom is -0.362 e. The van der Waals surface area contributed by atoms with E-state index in [2.05, 4.69) is 24.5 Å². The number of nitrogens with zero attached hydrogens (tertiary/aromatic N) is 1. The molecule has 2 rings (SSSR count). The average Bonchev–Trinajstić information content (AvgIpc) is 2.68. The summed E-state index contributed by atoms with van der Waals surface area (Å²) in [5.41, 5.74) is 4.16. The summed E-state index contributed by atoms with van der Waals surface area (Å²) in [7, 11) is 0. The maximum Gasteiger partial charge on any atom is 0.416 e. The summed E-state index contributed by atoms with van der Waals surface area (Å²) >= 11 is 0. The minimum atomic E-state index is -4.28. The molecule has 2 unspecified atom stereocenters. The lowest BCUT2D eigenvalue weighted by Crippen LogP contribution is -2.61. The lowest BCUT2D eigenvalue weighted by Gasteiger charge is -2.28. The fraction of sp³-hybridized carbons (Fsp3) is 0.600. The van der Waals surface area contributed by atoms with Crippen LogP contribution in [0.2, 0.25) is 0 Å². The molecule has 1 fully saturated rings. The van der Waals surface area contributed by atoms with Crippen LogP contribution in [0.3, 0.4) is 0 Å². The Kier molecular flexibility index (Phi) is 4.28. The van der Waals surface area contributed by atoms with Gasteiger partial charge < -0.3 is 10.6 Å². The van der Waals surface area contributed by atoms with E-state index in [4.69, 9.17) is 0 Å². The minimum absolute atomic E-state index is 0.285. The predicted molar refractivity (Wildman–Crippen MR) is 73.3 cm³/mol. The largest absolute Gasteiger partial charge is 0.416 e. The number of anilines is 1. The molecule has 0 saturated carbocycles. The summed E-state index contributed by atoms with van der Waals surface area (Å²) in [4.78, 5) is 2.09. The first-order valence-electron chi connectivity index (χ1n) is 7.04. The van der Waals surface area contributed by atoms with Crippen molar-refractivity contribution in [3.05, 3.63) is 29.8 Å². The van der Waals surface area contributed by atoms with Gasteiger partial charge >= 0.3 is 6.18 Å². The molecule has 0 radical (unpaired) electrons. The zero-order chi connectivity index (χ0) is 14.9. The fourth-order valence-electron chi connectivity index (χ4n) is 2.96. The van der Waals surface area contributed by atoms with Gasteiger partial charge in [-0.3, -0.25) is 0 Å². The molecule has 20 heavy (non-hydrogen) atoms. The quantitative estimate of drug-likeness (QED) is 0.910. The van der Waals surface area contributed by atoms with Crippen molar-refractivity contribution in [2.24, 2.45) is 5.92 Å². The monoisotopic (exact) mass is 287 g/mol. The second-order valence-corrected chi connectivity index (χ2v) is 6.09. The molecule has 0 amide bonds. The van der Waals surface area contributed by atoms with Crippen LogP contribution in [0.25, 0.3) is 0 Å². The van der Waals surface area contributed by atoms with Gasteiger partial charge in [-0.05, 0) is 30.5 Å². The van der Waals surface area contributed by atoms with Crippen LogP contribution >= 0.6 is 0 Å². The Hall–Kier alpha value is -1.23. The van der Waals surface area contributed by atoms with E-state index in [1.54, 1.807) is 6.07 Å². The number of halogens is 3. The van der Waals surface area contributed by atoms with Crippen LogP contribution in [-0.2, 0) is 6.18 Å². The number of quaternary nitrogens is 1. The summed E-state index contributed by atoms with van der Waals surface area (Å²) < 4.78 is 38.4. The average molecular weight is 287 g/mol. The SMILES string of the molecule is CC(C)CC1CC([NH3+])CN1c1cccc(C(F)(F)F)c1. The molecule has 1 aromatic carbocycles. The van der Waals surface area contributed by atoms with E-state index in [1.165, 1.54) is 12.1 Å². The van der Waals surface area contributed by atoms with Gasteiger partial charge in [0, 0.05) is 18.2 Å². The summed E-state index contributed by atoms with van der Waals surface area (Å²) in [5, 5.41) is 0. The van der Waals surface area contributed by atoms with Crippen LogP contribution in [0.4, 0.5) is 18.9 Å². The molecule has 1 aromatic rings. The van der Waals surface area contributed by atoms with Gasteiger partial charge in [-0.1, -0.05) is 19.9 Å². The van der Waals surface area contributed by atoms with Gasteiger partial charge in [-0.2, -0.15) is 13.2 Å². The van der Waals surface area contributed by atoms with Gasteiger partial charge in [0.1, 0.15) is 6.04 Å². The molecule has 1 aliphatic heterocycles. The first-order valence-corrected chi connectivity index (χ1v) is 7.04. The van der Waals surface area contributed by atoms with Gasteiger partial charge in [0.25, 0.3) is 0 Å². The van der Waals surface area contributed by atoms with E-state index in [0.717, 1.165) is 25.5 Å². The van der Waals surface area contributed by atoms with Crippen molar-refractivity contribution in [1.29, 1.82) is 0 Å². The lowest BCUT2D eigenvalue weighted by atomic mass is 10.0. The van der Waals surface area contributed by atoms with Crippen molar-refractivity contribution < 1.29 is 18.9 Å². The van der Waals surface area contributed by atoms with Crippen LogP contribution < -0.4 is 10.6 Å². The molecule has 3 N–H and O–H groups in total. The normalized spacial score (nSPS) is 23.6. The van der Waals surface area contributed by atoms with Crippen LogP contribution in [0.1, 0.15) is 32.3 Å². The molecule has 1 aliphatic rings. The number of alkyl halides is 3. The van der Waals surface area contributed by atoms with Gasteiger partial charge in [0.05, 0.1) is 12.1 Å². The molecule has 112 valence electrons. The van der Waals surface area contributed by atoms with Crippen LogP contribution in [-0.4, -0.2) is 18.6 Å². The molecule has 0 bridgehead atoms. The number of hydrogen-bond acceptors (Lipinski definition) is 1. The second kappa shape index (κ2) is 5.64. The Bertz CT molecular complexity index is 457. The van der Waals surface area contributed by atoms with E-state index in [1.807, 2.05) is 0 Å². The molecule has 5 heteroatoms. The van der Waals surface area contributed by atoms with E-state index in [9.17, 15) is 13.2 Å². The van der Waals surface area contributed by atoms with E-state index < -0.39 is 11.7 Å². The van der Waals surface area contributed by atoms with Crippen molar-refractivity contribution in [2.75, 3.05) is 11.4 Å². The number of benzene rings is 1. The smallest absolute Gasteiger partial charge is 0.362 e. The number of hydrogen-bond donors (Lipinski definition) is 1. The molecule has 1 heterocycles. The van der Waals surface area contributed by atoms with Crippen LogP contribution in [0.15, 0.2) is 24.3 Å². The molecular weight excluding hydrogens is 265 g/mol. The first-order chi connectivity index (χ1) is 9.27. The topological polar surface area (TPSA) is 30.9 Å². The Balaban J connectivity index is 2.25.